The smallest absolute Gasteiger partial charge is 0.251 e. The molecule has 0 saturated carbocycles. The van der Waals surface area contributed by atoms with Crippen molar-refractivity contribution in [1.29, 1.82) is 0 Å². The van der Waals surface area contributed by atoms with Gasteiger partial charge in [-0.05, 0) is 50.1 Å². The largest absolute Gasteiger partial charge is 0.342 e. The van der Waals surface area contributed by atoms with Gasteiger partial charge in [0.05, 0.1) is 22.1 Å². The highest BCUT2D eigenvalue weighted by atomic mass is 35.5. The number of hydrogen-bond donors (Lipinski definition) is 2. The predicted molar refractivity (Wildman–Crippen MR) is 121 cm³/mol. The summed E-state index contributed by atoms with van der Waals surface area (Å²) >= 11 is 6.24. The molecule has 1 aliphatic heterocycles. The van der Waals surface area contributed by atoms with Crippen molar-refractivity contribution in [3.63, 3.8) is 0 Å². The van der Waals surface area contributed by atoms with Crippen molar-refractivity contribution in [2.24, 2.45) is 0 Å². The van der Waals surface area contributed by atoms with Crippen LogP contribution in [0.5, 0.6) is 0 Å². The molecule has 164 valence electrons. The number of amides is 1. The van der Waals surface area contributed by atoms with Crippen LogP contribution in [0.15, 0.2) is 47.4 Å². The Balaban J connectivity index is 1.56. The number of aromatic nitrogens is 2. The first-order valence-electron chi connectivity index (χ1n) is 10.4. The minimum absolute atomic E-state index is 0.0277. The van der Waals surface area contributed by atoms with E-state index < -0.39 is 15.9 Å². The summed E-state index contributed by atoms with van der Waals surface area (Å²) in [4.78, 5) is 20.5. The Morgan fingerprint density at radius 2 is 1.84 bits per heavy atom. The molecule has 0 spiro atoms. The molecule has 2 aromatic carbocycles. The van der Waals surface area contributed by atoms with Gasteiger partial charge >= 0.3 is 0 Å². The number of halogens is 1. The van der Waals surface area contributed by atoms with Crippen molar-refractivity contribution < 1.29 is 13.2 Å². The van der Waals surface area contributed by atoms with Crippen LogP contribution in [0.25, 0.3) is 11.0 Å². The topological polar surface area (TPSA) is 95.2 Å². The van der Waals surface area contributed by atoms with E-state index in [2.05, 4.69) is 15.3 Å². The fourth-order valence-corrected chi connectivity index (χ4v) is 5.81. The zero-order valence-electron chi connectivity index (χ0n) is 17.3. The molecule has 1 fully saturated rings. The van der Waals surface area contributed by atoms with Gasteiger partial charge in [0, 0.05) is 18.7 Å². The molecular formula is C22H25ClN4O3S. The van der Waals surface area contributed by atoms with Crippen LogP contribution in [-0.2, 0) is 10.0 Å². The van der Waals surface area contributed by atoms with Crippen molar-refractivity contribution >= 4 is 38.6 Å². The van der Waals surface area contributed by atoms with E-state index in [1.165, 1.54) is 22.5 Å². The lowest BCUT2D eigenvalue weighted by molar-refractivity contribution is 0.0938. The van der Waals surface area contributed by atoms with Crippen LogP contribution in [0.2, 0.25) is 5.02 Å². The van der Waals surface area contributed by atoms with Gasteiger partial charge in [0.1, 0.15) is 10.7 Å². The molecule has 2 N–H and O–H groups in total. The third-order valence-electron chi connectivity index (χ3n) is 5.54. The lowest BCUT2D eigenvalue weighted by Gasteiger charge is -2.21. The van der Waals surface area contributed by atoms with Gasteiger partial charge in [-0.25, -0.2) is 13.4 Å². The normalized spacial score (nSPS) is 16.7. The second-order valence-corrected chi connectivity index (χ2v) is 10.1. The zero-order valence-corrected chi connectivity index (χ0v) is 18.8. The first-order chi connectivity index (χ1) is 14.9. The van der Waals surface area contributed by atoms with Crippen LogP contribution in [0.1, 0.15) is 54.8 Å². The summed E-state index contributed by atoms with van der Waals surface area (Å²) in [5.74, 6) is 0.234. The summed E-state index contributed by atoms with van der Waals surface area (Å²) in [6.45, 7) is 2.76. The number of para-hydroxylation sites is 2. The maximum absolute atomic E-state index is 13.2. The number of aromatic amines is 1. The molecule has 0 bridgehead atoms. The number of nitrogens with one attached hydrogen (secondary N) is 2. The summed E-state index contributed by atoms with van der Waals surface area (Å²) in [6, 6.07) is 11.6. The molecule has 3 aromatic rings. The van der Waals surface area contributed by atoms with E-state index in [1.807, 2.05) is 31.2 Å². The fourth-order valence-electron chi connectivity index (χ4n) is 3.79. The van der Waals surface area contributed by atoms with Crippen LogP contribution < -0.4 is 5.32 Å². The van der Waals surface area contributed by atoms with Gasteiger partial charge in [-0.2, -0.15) is 4.31 Å². The summed E-state index contributed by atoms with van der Waals surface area (Å²) in [7, 11) is -3.77. The molecule has 0 radical (unpaired) electrons. The Kier molecular flexibility index (Phi) is 6.31. The Morgan fingerprint density at radius 1 is 1.13 bits per heavy atom. The SMILES string of the molecule is CC(NC(=O)c1ccc(Cl)c(S(=O)(=O)N2CCCCCC2)c1)c1nc2ccccc2[nH]1. The molecule has 9 heteroatoms. The average molecular weight is 461 g/mol. The predicted octanol–water partition coefficient (Wildman–Crippen LogP) is 4.27. The minimum atomic E-state index is -3.77. The highest BCUT2D eigenvalue weighted by Gasteiger charge is 2.28. The van der Waals surface area contributed by atoms with E-state index in [0.29, 0.717) is 18.9 Å². The molecule has 1 aromatic heterocycles. The Hall–Kier alpha value is -2.42. The third kappa shape index (κ3) is 4.61. The second kappa shape index (κ2) is 8.98. The summed E-state index contributed by atoms with van der Waals surface area (Å²) in [6.07, 6.45) is 3.68. The number of rotatable bonds is 5. The Morgan fingerprint density at radius 3 is 2.55 bits per heavy atom. The van der Waals surface area contributed by atoms with Gasteiger partial charge in [0.15, 0.2) is 0 Å². The van der Waals surface area contributed by atoms with Gasteiger partial charge in [-0.1, -0.05) is 36.6 Å². The van der Waals surface area contributed by atoms with Crippen LogP contribution in [0.4, 0.5) is 0 Å². The summed E-state index contributed by atoms with van der Waals surface area (Å²) < 4.78 is 27.8. The fraction of sp³-hybridized carbons (Fsp3) is 0.364. The molecule has 1 unspecified atom stereocenters. The van der Waals surface area contributed by atoms with Crippen molar-refractivity contribution in [2.75, 3.05) is 13.1 Å². The van der Waals surface area contributed by atoms with Crippen molar-refractivity contribution in [3.05, 3.63) is 58.9 Å². The highest BCUT2D eigenvalue weighted by Crippen LogP contribution is 2.28. The molecule has 2 heterocycles. The van der Waals surface area contributed by atoms with E-state index in [1.54, 1.807) is 0 Å². The highest BCUT2D eigenvalue weighted by molar-refractivity contribution is 7.89. The molecule has 4 rings (SSSR count). The molecule has 1 amide bonds. The van der Waals surface area contributed by atoms with E-state index in [4.69, 9.17) is 11.6 Å². The number of carbonyl (C=O) groups excluding carboxylic acids is 1. The van der Waals surface area contributed by atoms with Crippen LogP contribution in [-0.4, -0.2) is 41.7 Å². The maximum Gasteiger partial charge on any atom is 0.251 e. The van der Waals surface area contributed by atoms with Gasteiger partial charge < -0.3 is 10.3 Å². The van der Waals surface area contributed by atoms with Crippen LogP contribution >= 0.6 is 11.6 Å². The maximum atomic E-state index is 13.2. The summed E-state index contributed by atoms with van der Waals surface area (Å²) in [5.41, 5.74) is 1.94. The molecule has 1 saturated heterocycles. The van der Waals surface area contributed by atoms with Gasteiger partial charge in [-0.3, -0.25) is 4.79 Å². The van der Waals surface area contributed by atoms with Crippen molar-refractivity contribution in [2.45, 2.75) is 43.5 Å². The van der Waals surface area contributed by atoms with Gasteiger partial charge in [0.25, 0.3) is 5.91 Å². The van der Waals surface area contributed by atoms with Crippen LogP contribution in [0.3, 0.4) is 0 Å². The number of sulfonamides is 1. The van der Waals surface area contributed by atoms with Crippen molar-refractivity contribution in [3.8, 4) is 0 Å². The number of hydrogen-bond acceptors (Lipinski definition) is 4. The number of carbonyl (C=O) groups is 1. The summed E-state index contributed by atoms with van der Waals surface area (Å²) in [5, 5.41) is 2.99. The van der Waals surface area contributed by atoms with E-state index in [9.17, 15) is 13.2 Å². The third-order valence-corrected chi connectivity index (χ3v) is 7.92. The van der Waals surface area contributed by atoms with E-state index in [-0.39, 0.29) is 21.5 Å². The lowest BCUT2D eigenvalue weighted by Crippen LogP contribution is -2.32. The molecule has 0 aliphatic carbocycles. The van der Waals surface area contributed by atoms with Crippen LogP contribution in [0, 0.1) is 0 Å². The monoisotopic (exact) mass is 460 g/mol. The molecule has 7 nitrogen and oxygen atoms in total. The van der Waals surface area contributed by atoms with E-state index in [0.717, 1.165) is 36.7 Å². The Bertz CT molecular complexity index is 1170. The first kappa shape index (κ1) is 21.8. The standard InChI is InChI=1S/C22H25ClN4O3S/c1-15(21-25-18-8-4-5-9-19(18)26-21)24-22(28)16-10-11-17(23)20(14-16)31(29,30)27-12-6-2-3-7-13-27/h4-5,8-11,14-15H,2-3,6-7,12-13H2,1H3,(H,24,28)(H,25,26). The molecule has 1 aliphatic rings. The first-order valence-corrected chi connectivity index (χ1v) is 12.2. The van der Waals surface area contributed by atoms with Gasteiger partial charge in [0.2, 0.25) is 10.0 Å². The van der Waals surface area contributed by atoms with Gasteiger partial charge in [-0.15, -0.1) is 0 Å². The second-order valence-electron chi connectivity index (χ2n) is 7.80. The van der Waals surface area contributed by atoms with E-state index >= 15 is 0 Å². The average Bonchev–Trinajstić information content (AvgIpc) is 2.99. The number of nitrogens with zero attached hydrogens (tertiary/aromatic N) is 2. The zero-order chi connectivity index (χ0) is 22.0. The number of H-pyrrole nitrogens is 1. The Labute approximate surface area is 186 Å². The van der Waals surface area contributed by atoms with Crippen molar-refractivity contribution in [1.82, 2.24) is 19.6 Å². The minimum Gasteiger partial charge on any atom is -0.342 e. The number of fused-ring (bicyclic) bond motifs is 1. The molecule has 1 atom stereocenters. The quantitative estimate of drug-likeness (QED) is 0.594. The number of benzene rings is 2. The number of imidazole rings is 1. The molecular weight excluding hydrogens is 436 g/mol. The molecule has 31 heavy (non-hydrogen) atoms. The lowest BCUT2D eigenvalue weighted by atomic mass is 10.2.